The highest BCUT2D eigenvalue weighted by atomic mass is 35.5. The van der Waals surface area contributed by atoms with Crippen LogP contribution in [0.15, 0.2) is 54.6 Å². The fourth-order valence-electron chi connectivity index (χ4n) is 1.69. The van der Waals surface area contributed by atoms with E-state index in [2.05, 4.69) is 5.32 Å². The van der Waals surface area contributed by atoms with E-state index < -0.39 is 0 Å². The van der Waals surface area contributed by atoms with Crippen molar-refractivity contribution in [3.63, 3.8) is 0 Å². The number of para-hydroxylation sites is 1. The predicted molar refractivity (Wildman–Crippen MR) is 79.8 cm³/mol. The lowest BCUT2D eigenvalue weighted by Gasteiger charge is -2.17. The van der Waals surface area contributed by atoms with Gasteiger partial charge in [-0.1, -0.05) is 35.9 Å². The number of rotatable bonds is 4. The third-order valence-electron chi connectivity index (χ3n) is 2.79. The Labute approximate surface area is 117 Å². The molecule has 0 unspecified atom stereocenters. The minimum Gasteiger partial charge on any atom is -0.376 e. The average Bonchev–Trinajstić information content (AvgIpc) is 2.45. The smallest absolute Gasteiger partial charge is 0.246 e. The second-order valence-electron chi connectivity index (χ2n) is 4.15. The fraction of sp³-hybridized carbons (Fsp3) is 0.133. The summed E-state index contributed by atoms with van der Waals surface area (Å²) in [5.41, 5.74) is 1.71. The summed E-state index contributed by atoms with van der Waals surface area (Å²) in [5.74, 6) is -0.00817. The highest BCUT2D eigenvalue weighted by Crippen LogP contribution is 2.15. The van der Waals surface area contributed by atoms with Gasteiger partial charge in [-0.3, -0.25) is 4.79 Å². The van der Waals surface area contributed by atoms with Crippen LogP contribution in [0.1, 0.15) is 0 Å². The van der Waals surface area contributed by atoms with E-state index in [4.69, 9.17) is 11.6 Å². The van der Waals surface area contributed by atoms with E-state index in [1.54, 1.807) is 24.1 Å². The van der Waals surface area contributed by atoms with Crippen LogP contribution in [0.5, 0.6) is 0 Å². The van der Waals surface area contributed by atoms with Crippen molar-refractivity contribution in [3.05, 3.63) is 59.6 Å². The molecule has 0 spiro atoms. The highest BCUT2D eigenvalue weighted by Gasteiger charge is 2.09. The van der Waals surface area contributed by atoms with Gasteiger partial charge in [0.15, 0.2) is 0 Å². The Balaban J connectivity index is 1.95. The van der Waals surface area contributed by atoms with Crippen LogP contribution in [-0.2, 0) is 4.79 Å². The molecule has 0 heterocycles. The number of hydrogen-bond acceptors (Lipinski definition) is 2. The van der Waals surface area contributed by atoms with Gasteiger partial charge in [0, 0.05) is 23.4 Å². The maximum absolute atomic E-state index is 12.0. The molecular weight excluding hydrogens is 260 g/mol. The molecule has 2 rings (SSSR count). The van der Waals surface area contributed by atoms with E-state index in [0.717, 1.165) is 11.4 Å². The number of nitrogens with zero attached hydrogens (tertiary/aromatic N) is 1. The molecule has 19 heavy (non-hydrogen) atoms. The van der Waals surface area contributed by atoms with E-state index in [0.29, 0.717) is 5.02 Å². The number of likely N-dealkylation sites (N-methyl/N-ethyl adjacent to an activating group) is 1. The summed E-state index contributed by atoms with van der Waals surface area (Å²) in [4.78, 5) is 13.7. The first-order valence-electron chi connectivity index (χ1n) is 5.98. The van der Waals surface area contributed by atoms with Gasteiger partial charge in [0.25, 0.3) is 0 Å². The number of anilines is 2. The van der Waals surface area contributed by atoms with Crippen molar-refractivity contribution in [2.45, 2.75) is 0 Å². The predicted octanol–water partition coefficient (Wildman–Crippen LogP) is 3.41. The molecule has 3 nitrogen and oxygen atoms in total. The Hall–Kier alpha value is -2.00. The van der Waals surface area contributed by atoms with Crippen LogP contribution < -0.4 is 10.2 Å². The summed E-state index contributed by atoms with van der Waals surface area (Å²) < 4.78 is 0. The van der Waals surface area contributed by atoms with Crippen LogP contribution in [0.4, 0.5) is 11.4 Å². The van der Waals surface area contributed by atoms with Gasteiger partial charge in [-0.25, -0.2) is 0 Å². The van der Waals surface area contributed by atoms with Crippen LogP contribution in [0, 0.1) is 0 Å². The molecule has 2 aromatic rings. The molecule has 0 aliphatic rings. The maximum atomic E-state index is 12.0. The summed E-state index contributed by atoms with van der Waals surface area (Å²) in [7, 11) is 1.76. The molecule has 0 atom stereocenters. The van der Waals surface area contributed by atoms with Crippen molar-refractivity contribution >= 4 is 28.9 Å². The highest BCUT2D eigenvalue weighted by molar-refractivity contribution is 6.30. The van der Waals surface area contributed by atoms with E-state index in [-0.39, 0.29) is 12.5 Å². The standard InChI is InChI=1S/C15H15ClN2O/c1-18(14-8-3-2-4-9-14)15(19)11-17-13-7-5-6-12(16)10-13/h2-10,17H,11H2,1H3. The van der Waals surface area contributed by atoms with Gasteiger partial charge in [-0.2, -0.15) is 0 Å². The molecule has 98 valence electrons. The first-order valence-corrected chi connectivity index (χ1v) is 6.35. The van der Waals surface area contributed by atoms with Crippen molar-refractivity contribution < 1.29 is 4.79 Å². The van der Waals surface area contributed by atoms with Crippen molar-refractivity contribution in [1.29, 1.82) is 0 Å². The molecule has 1 N–H and O–H groups in total. The Bertz CT molecular complexity index is 557. The Kier molecular flexibility index (Phi) is 4.42. The summed E-state index contributed by atoms with van der Waals surface area (Å²) in [5, 5.41) is 3.71. The molecule has 4 heteroatoms. The summed E-state index contributed by atoms with van der Waals surface area (Å²) in [6.07, 6.45) is 0. The SMILES string of the molecule is CN(C(=O)CNc1cccc(Cl)c1)c1ccccc1. The topological polar surface area (TPSA) is 32.3 Å². The molecular formula is C15H15ClN2O. The van der Waals surface area contributed by atoms with Gasteiger partial charge >= 0.3 is 0 Å². The molecule has 0 radical (unpaired) electrons. The summed E-state index contributed by atoms with van der Waals surface area (Å²) in [6.45, 7) is 0.228. The van der Waals surface area contributed by atoms with Gasteiger partial charge < -0.3 is 10.2 Å². The van der Waals surface area contributed by atoms with Crippen molar-refractivity contribution in [2.75, 3.05) is 23.8 Å². The van der Waals surface area contributed by atoms with Crippen molar-refractivity contribution in [3.8, 4) is 0 Å². The van der Waals surface area contributed by atoms with Gasteiger partial charge in [0.2, 0.25) is 5.91 Å². The zero-order chi connectivity index (χ0) is 13.7. The number of carbonyl (C=O) groups excluding carboxylic acids is 1. The molecule has 0 saturated carbocycles. The molecule has 0 aliphatic heterocycles. The maximum Gasteiger partial charge on any atom is 0.246 e. The number of nitrogens with one attached hydrogen (secondary N) is 1. The number of benzene rings is 2. The normalized spacial score (nSPS) is 10.0. The van der Waals surface area contributed by atoms with Crippen LogP contribution in [0.2, 0.25) is 5.02 Å². The third-order valence-corrected chi connectivity index (χ3v) is 3.02. The molecule has 0 fully saturated rings. The van der Waals surface area contributed by atoms with Gasteiger partial charge in [-0.15, -0.1) is 0 Å². The van der Waals surface area contributed by atoms with Crippen LogP contribution in [-0.4, -0.2) is 19.5 Å². The van der Waals surface area contributed by atoms with E-state index in [9.17, 15) is 4.79 Å². The largest absolute Gasteiger partial charge is 0.376 e. The third kappa shape index (κ3) is 3.73. The minimum absolute atomic E-state index is 0.00817. The molecule has 0 saturated heterocycles. The number of amides is 1. The summed E-state index contributed by atoms with van der Waals surface area (Å²) in [6, 6.07) is 16.8. The number of carbonyl (C=O) groups is 1. The van der Waals surface area contributed by atoms with E-state index in [1.807, 2.05) is 42.5 Å². The van der Waals surface area contributed by atoms with Crippen molar-refractivity contribution in [2.24, 2.45) is 0 Å². The number of hydrogen-bond donors (Lipinski definition) is 1. The first-order chi connectivity index (χ1) is 9.16. The molecule has 1 amide bonds. The monoisotopic (exact) mass is 274 g/mol. The zero-order valence-electron chi connectivity index (χ0n) is 10.6. The van der Waals surface area contributed by atoms with Gasteiger partial charge in [-0.05, 0) is 30.3 Å². The minimum atomic E-state index is -0.00817. The Morgan fingerprint density at radius 3 is 2.58 bits per heavy atom. The zero-order valence-corrected chi connectivity index (χ0v) is 11.4. The quantitative estimate of drug-likeness (QED) is 0.927. The molecule has 0 bridgehead atoms. The molecule has 2 aromatic carbocycles. The lowest BCUT2D eigenvalue weighted by molar-refractivity contribution is -0.116. The lowest BCUT2D eigenvalue weighted by Crippen LogP contribution is -2.32. The summed E-state index contributed by atoms with van der Waals surface area (Å²) >= 11 is 5.88. The second kappa shape index (κ2) is 6.25. The first kappa shape index (κ1) is 13.4. The van der Waals surface area contributed by atoms with E-state index >= 15 is 0 Å². The second-order valence-corrected chi connectivity index (χ2v) is 4.59. The van der Waals surface area contributed by atoms with Gasteiger partial charge in [0.1, 0.15) is 0 Å². The Morgan fingerprint density at radius 2 is 1.89 bits per heavy atom. The lowest BCUT2D eigenvalue weighted by atomic mass is 10.3. The van der Waals surface area contributed by atoms with Crippen LogP contribution in [0.3, 0.4) is 0 Å². The van der Waals surface area contributed by atoms with E-state index in [1.165, 1.54) is 0 Å². The average molecular weight is 275 g/mol. The van der Waals surface area contributed by atoms with Gasteiger partial charge in [0.05, 0.1) is 6.54 Å². The Morgan fingerprint density at radius 1 is 1.16 bits per heavy atom. The van der Waals surface area contributed by atoms with Crippen LogP contribution >= 0.6 is 11.6 Å². The number of halogens is 1. The van der Waals surface area contributed by atoms with Crippen molar-refractivity contribution in [1.82, 2.24) is 0 Å². The molecule has 0 aliphatic carbocycles. The van der Waals surface area contributed by atoms with Crippen LogP contribution in [0.25, 0.3) is 0 Å². The fourth-order valence-corrected chi connectivity index (χ4v) is 1.88. The molecule has 0 aromatic heterocycles.